The minimum absolute atomic E-state index is 0.464. The molecule has 68 heavy (non-hydrogen) atoms. The molecule has 0 atom stereocenters. The summed E-state index contributed by atoms with van der Waals surface area (Å²) in [6.07, 6.45) is 0. The molecule has 1 aliphatic carbocycles. The number of nitrogens with zero attached hydrogens (tertiary/aromatic N) is 2. The van der Waals surface area contributed by atoms with Crippen LogP contribution in [0.5, 0.6) is 0 Å². The van der Waals surface area contributed by atoms with Crippen molar-refractivity contribution in [3.63, 3.8) is 0 Å². The first-order valence-electron chi connectivity index (χ1n) is 23.2. The van der Waals surface area contributed by atoms with Gasteiger partial charge in [0.1, 0.15) is 11.2 Å². The minimum Gasteiger partial charge on any atom is -0.456 e. The molecule has 0 fully saturated rings. The van der Waals surface area contributed by atoms with Crippen molar-refractivity contribution in [2.24, 2.45) is 0 Å². The Morgan fingerprint density at radius 3 is 1.47 bits per heavy atom. The maximum atomic E-state index is 6.27. The van der Waals surface area contributed by atoms with Gasteiger partial charge in [-0.25, -0.2) is 9.97 Å². The van der Waals surface area contributed by atoms with E-state index in [4.69, 9.17) is 14.4 Å². The molecule has 0 unspecified atom stereocenters. The van der Waals surface area contributed by atoms with Crippen LogP contribution in [-0.2, 0) is 5.41 Å². The fourth-order valence-electron chi connectivity index (χ4n) is 10.6. The van der Waals surface area contributed by atoms with E-state index in [1.54, 1.807) is 0 Å². The van der Waals surface area contributed by atoms with E-state index in [1.807, 2.05) is 36.4 Å². The monoisotopic (exact) mass is 866 g/mol. The zero-order valence-electron chi connectivity index (χ0n) is 37.1. The van der Waals surface area contributed by atoms with E-state index in [2.05, 4.69) is 218 Å². The van der Waals surface area contributed by atoms with Crippen LogP contribution in [0.2, 0.25) is 0 Å². The maximum absolute atomic E-state index is 6.27. The summed E-state index contributed by atoms with van der Waals surface area (Å²) in [6.45, 7) is 0. The molecule has 0 amide bonds. The first kappa shape index (κ1) is 39.4. The van der Waals surface area contributed by atoms with E-state index in [9.17, 15) is 0 Å². The van der Waals surface area contributed by atoms with Gasteiger partial charge in [0.25, 0.3) is 0 Å². The van der Waals surface area contributed by atoms with Crippen LogP contribution in [0.1, 0.15) is 22.3 Å². The van der Waals surface area contributed by atoms with E-state index in [0.717, 1.165) is 77.8 Å². The van der Waals surface area contributed by atoms with Crippen LogP contribution in [0, 0.1) is 0 Å². The van der Waals surface area contributed by atoms with E-state index in [-0.39, 0.29) is 0 Å². The summed E-state index contributed by atoms with van der Waals surface area (Å²) in [5.74, 6) is 0.686. The molecular formula is C65H42N2O. The highest BCUT2D eigenvalue weighted by molar-refractivity contribution is 6.06. The number of hydrogen-bond acceptors (Lipinski definition) is 3. The van der Waals surface area contributed by atoms with Crippen LogP contribution in [0.25, 0.3) is 100 Å². The number of fused-ring (bicyclic) bond motifs is 6. The lowest BCUT2D eigenvalue weighted by Gasteiger charge is -2.34. The maximum Gasteiger partial charge on any atom is 0.160 e. The smallest absolute Gasteiger partial charge is 0.160 e. The Morgan fingerprint density at radius 1 is 0.279 bits per heavy atom. The Hall–Kier alpha value is -8.92. The van der Waals surface area contributed by atoms with Gasteiger partial charge in [-0.15, -0.1) is 0 Å². The van der Waals surface area contributed by atoms with Gasteiger partial charge >= 0.3 is 0 Å². The standard InChI is InChI=1S/C65H42N2O/c1-5-17-45(18-6-1)60-42-61(67-64(66-60)46-19-7-2-8-20-46)51-38-49(37-50(39-51)47-34-36-63-57(40-47)56-26-14-16-28-62(56)68-63)44-31-29-43(30-32-44)48-33-35-55-54-25-13-15-27-58(54)65(59(55)41-48,52-21-9-3-10-22-52)53-23-11-4-12-24-53/h1-42H. The van der Waals surface area contributed by atoms with Gasteiger partial charge in [-0.3, -0.25) is 0 Å². The molecule has 0 radical (unpaired) electrons. The van der Waals surface area contributed by atoms with Crippen molar-refractivity contribution in [2.75, 3.05) is 0 Å². The van der Waals surface area contributed by atoms with Crippen molar-refractivity contribution in [3.8, 4) is 78.4 Å². The predicted octanol–water partition coefficient (Wildman–Crippen LogP) is 16.7. The number of benzene rings is 10. The predicted molar refractivity (Wildman–Crippen MR) is 279 cm³/mol. The molecule has 0 saturated heterocycles. The number of furan rings is 1. The molecule has 0 N–H and O–H groups in total. The summed E-state index contributed by atoms with van der Waals surface area (Å²) in [5.41, 5.74) is 20.5. The summed E-state index contributed by atoms with van der Waals surface area (Å²) in [4.78, 5) is 10.4. The van der Waals surface area contributed by atoms with E-state index >= 15 is 0 Å². The lowest BCUT2D eigenvalue weighted by molar-refractivity contribution is 0.669. The third kappa shape index (κ3) is 6.59. The molecule has 1 aliphatic rings. The molecule has 0 spiro atoms. The number of aromatic nitrogens is 2. The Kier molecular flexibility index (Phi) is 9.40. The molecule has 0 aliphatic heterocycles. The van der Waals surface area contributed by atoms with Gasteiger partial charge in [-0.1, -0.05) is 206 Å². The van der Waals surface area contributed by atoms with Crippen LogP contribution < -0.4 is 0 Å². The van der Waals surface area contributed by atoms with Crippen molar-refractivity contribution in [1.82, 2.24) is 9.97 Å². The molecule has 10 aromatic carbocycles. The van der Waals surface area contributed by atoms with Gasteiger partial charge in [0, 0.05) is 27.5 Å². The van der Waals surface area contributed by atoms with Crippen LogP contribution in [0.3, 0.4) is 0 Å². The second kappa shape index (κ2) is 16.2. The normalized spacial score (nSPS) is 12.5. The fourth-order valence-corrected chi connectivity index (χ4v) is 10.6. The molecule has 13 rings (SSSR count). The molecule has 2 heterocycles. The highest BCUT2D eigenvalue weighted by Gasteiger charge is 2.46. The number of para-hydroxylation sites is 1. The van der Waals surface area contributed by atoms with Crippen LogP contribution >= 0.6 is 0 Å². The van der Waals surface area contributed by atoms with Gasteiger partial charge in [-0.05, 0) is 115 Å². The van der Waals surface area contributed by atoms with Crippen LogP contribution in [0.4, 0.5) is 0 Å². The second-order valence-electron chi connectivity index (χ2n) is 17.7. The first-order valence-corrected chi connectivity index (χ1v) is 23.2. The molecule has 0 bridgehead atoms. The molecular weight excluding hydrogens is 825 g/mol. The van der Waals surface area contributed by atoms with E-state index in [0.29, 0.717) is 5.82 Å². The summed E-state index contributed by atoms with van der Waals surface area (Å²) in [6, 6.07) is 91.4. The van der Waals surface area contributed by atoms with Crippen molar-refractivity contribution >= 4 is 21.9 Å². The third-order valence-corrected chi connectivity index (χ3v) is 13.8. The summed E-state index contributed by atoms with van der Waals surface area (Å²) in [5, 5.41) is 2.20. The van der Waals surface area contributed by atoms with Crippen LogP contribution in [0.15, 0.2) is 259 Å². The molecule has 2 aromatic heterocycles. The van der Waals surface area contributed by atoms with Crippen molar-refractivity contribution in [3.05, 3.63) is 277 Å². The van der Waals surface area contributed by atoms with E-state index < -0.39 is 5.41 Å². The molecule has 0 saturated carbocycles. The summed E-state index contributed by atoms with van der Waals surface area (Å²) in [7, 11) is 0. The SMILES string of the molecule is c1ccc(-c2cc(-c3cc(-c4ccc(-c5ccc6c(c5)C(c5ccccc5)(c5ccccc5)c5ccccc5-6)cc4)cc(-c4ccc5oc6ccccc6c5c4)c3)nc(-c3ccccc3)n2)cc1. The molecule has 3 nitrogen and oxygen atoms in total. The Labute approximate surface area is 395 Å². The largest absolute Gasteiger partial charge is 0.456 e. The highest BCUT2D eigenvalue weighted by Crippen LogP contribution is 2.56. The van der Waals surface area contributed by atoms with Gasteiger partial charge < -0.3 is 4.42 Å². The lowest BCUT2D eigenvalue weighted by Crippen LogP contribution is -2.28. The topological polar surface area (TPSA) is 38.9 Å². The van der Waals surface area contributed by atoms with E-state index in [1.165, 1.54) is 38.9 Å². The second-order valence-corrected chi connectivity index (χ2v) is 17.7. The average molecular weight is 867 g/mol. The Morgan fingerprint density at radius 2 is 0.765 bits per heavy atom. The Bertz CT molecular complexity index is 3720. The number of hydrogen-bond donors (Lipinski definition) is 0. The highest BCUT2D eigenvalue weighted by atomic mass is 16.3. The Balaban J connectivity index is 0.960. The molecule has 3 heteroatoms. The van der Waals surface area contributed by atoms with Crippen molar-refractivity contribution in [1.29, 1.82) is 0 Å². The first-order chi connectivity index (χ1) is 33.7. The fraction of sp³-hybridized carbons (Fsp3) is 0.0154. The van der Waals surface area contributed by atoms with Gasteiger partial charge in [0.15, 0.2) is 5.82 Å². The van der Waals surface area contributed by atoms with Gasteiger partial charge in [0.05, 0.1) is 16.8 Å². The quantitative estimate of drug-likeness (QED) is 0.153. The van der Waals surface area contributed by atoms with Gasteiger partial charge in [-0.2, -0.15) is 0 Å². The van der Waals surface area contributed by atoms with Gasteiger partial charge in [0.2, 0.25) is 0 Å². The lowest BCUT2D eigenvalue weighted by atomic mass is 9.67. The molecule has 318 valence electrons. The zero-order chi connectivity index (χ0) is 45.0. The zero-order valence-corrected chi connectivity index (χ0v) is 37.1. The average Bonchev–Trinajstić information content (AvgIpc) is 3.95. The van der Waals surface area contributed by atoms with Crippen molar-refractivity contribution < 1.29 is 4.42 Å². The minimum atomic E-state index is -0.464. The summed E-state index contributed by atoms with van der Waals surface area (Å²) >= 11 is 0. The number of rotatable bonds is 8. The van der Waals surface area contributed by atoms with Crippen LogP contribution in [-0.4, -0.2) is 9.97 Å². The third-order valence-electron chi connectivity index (χ3n) is 13.8. The molecule has 12 aromatic rings. The van der Waals surface area contributed by atoms with Crippen molar-refractivity contribution in [2.45, 2.75) is 5.41 Å². The summed E-state index contributed by atoms with van der Waals surface area (Å²) < 4.78 is 6.27.